The largest absolute Gasteiger partial charge is 0.337 e. The highest BCUT2D eigenvalue weighted by atomic mass is 79.9. The van der Waals surface area contributed by atoms with Gasteiger partial charge in [-0.3, -0.25) is 4.79 Å². The molecule has 0 radical (unpaired) electrons. The third-order valence-electron chi connectivity index (χ3n) is 3.28. The van der Waals surface area contributed by atoms with Crippen molar-refractivity contribution in [2.45, 2.75) is 12.3 Å². The molecule has 0 saturated heterocycles. The molecule has 2 aromatic carbocycles. The number of amides is 1. The fourth-order valence-corrected chi connectivity index (χ4v) is 3.30. The van der Waals surface area contributed by atoms with Crippen molar-refractivity contribution in [3.8, 4) is 0 Å². The molecule has 23 heavy (non-hydrogen) atoms. The van der Waals surface area contributed by atoms with Gasteiger partial charge in [0.2, 0.25) is 0 Å². The van der Waals surface area contributed by atoms with Gasteiger partial charge in [-0.25, -0.2) is 8.42 Å². The van der Waals surface area contributed by atoms with Gasteiger partial charge in [0.15, 0.2) is 9.84 Å². The van der Waals surface area contributed by atoms with Gasteiger partial charge in [0.1, 0.15) is 0 Å². The first kappa shape index (κ1) is 17.7. The number of rotatable bonds is 5. The van der Waals surface area contributed by atoms with Crippen molar-refractivity contribution in [2.75, 3.05) is 13.3 Å². The summed E-state index contributed by atoms with van der Waals surface area (Å²) in [5, 5.41) is 0. The number of hydrogen-bond donors (Lipinski definition) is 0. The van der Waals surface area contributed by atoms with Crippen LogP contribution in [0.25, 0.3) is 0 Å². The summed E-state index contributed by atoms with van der Waals surface area (Å²) >= 11 is 3.38. The Bertz CT molecular complexity index is 801. The molecule has 4 nitrogen and oxygen atoms in total. The standard InChI is InChI=1S/C17H18BrNO3S/c1-19(11-13-6-8-16(18)9-7-13)17(20)15-5-3-4-14(10-15)12-23(2,21)22/h3-10H,11-12H2,1-2H3. The number of sulfone groups is 1. The molecule has 122 valence electrons. The van der Waals surface area contributed by atoms with Crippen LogP contribution in [0.4, 0.5) is 0 Å². The minimum absolute atomic E-state index is 0.0649. The van der Waals surface area contributed by atoms with E-state index in [9.17, 15) is 13.2 Å². The molecule has 1 amide bonds. The predicted octanol–water partition coefficient (Wildman–Crippen LogP) is 3.27. The highest BCUT2D eigenvalue weighted by Gasteiger charge is 2.13. The van der Waals surface area contributed by atoms with Gasteiger partial charge in [0.25, 0.3) is 5.91 Å². The third kappa shape index (κ3) is 5.48. The average Bonchev–Trinajstić information content (AvgIpc) is 2.47. The SMILES string of the molecule is CN(Cc1ccc(Br)cc1)C(=O)c1cccc(CS(C)(=O)=O)c1. The third-order valence-corrected chi connectivity index (χ3v) is 4.67. The van der Waals surface area contributed by atoms with E-state index in [-0.39, 0.29) is 11.7 Å². The maximum atomic E-state index is 12.5. The van der Waals surface area contributed by atoms with Gasteiger partial charge >= 0.3 is 0 Å². The van der Waals surface area contributed by atoms with Crippen LogP contribution in [-0.2, 0) is 22.1 Å². The lowest BCUT2D eigenvalue weighted by molar-refractivity contribution is 0.0785. The van der Waals surface area contributed by atoms with Gasteiger partial charge in [0, 0.05) is 29.9 Å². The molecule has 0 aliphatic heterocycles. The monoisotopic (exact) mass is 395 g/mol. The number of carbonyl (C=O) groups is 1. The smallest absolute Gasteiger partial charge is 0.253 e. The van der Waals surface area contributed by atoms with Crippen LogP contribution in [0, 0.1) is 0 Å². The van der Waals surface area contributed by atoms with Crippen LogP contribution in [0.2, 0.25) is 0 Å². The second-order valence-electron chi connectivity index (χ2n) is 5.56. The summed E-state index contributed by atoms with van der Waals surface area (Å²) in [5.41, 5.74) is 2.14. The normalized spacial score (nSPS) is 11.3. The van der Waals surface area contributed by atoms with Gasteiger partial charge in [0.05, 0.1) is 5.75 Å². The van der Waals surface area contributed by atoms with E-state index in [2.05, 4.69) is 15.9 Å². The van der Waals surface area contributed by atoms with Crippen molar-refractivity contribution >= 4 is 31.7 Å². The maximum Gasteiger partial charge on any atom is 0.253 e. The molecule has 0 atom stereocenters. The first-order valence-electron chi connectivity index (χ1n) is 7.01. The quantitative estimate of drug-likeness (QED) is 0.780. The highest BCUT2D eigenvalue weighted by Crippen LogP contribution is 2.14. The summed E-state index contributed by atoms with van der Waals surface area (Å²) in [5.74, 6) is -0.201. The minimum atomic E-state index is -3.12. The van der Waals surface area contributed by atoms with Crippen LogP contribution in [0.5, 0.6) is 0 Å². The van der Waals surface area contributed by atoms with E-state index in [0.29, 0.717) is 17.7 Å². The summed E-state index contributed by atoms with van der Waals surface area (Å²) in [6.07, 6.45) is 1.18. The maximum absolute atomic E-state index is 12.5. The summed E-state index contributed by atoms with van der Waals surface area (Å²) in [6.45, 7) is 0.489. The number of hydrogen-bond acceptors (Lipinski definition) is 3. The van der Waals surface area contributed by atoms with Gasteiger partial charge in [-0.1, -0.05) is 40.2 Å². The molecule has 6 heteroatoms. The Kier molecular flexibility index (Phi) is 5.59. The van der Waals surface area contributed by atoms with E-state index in [1.807, 2.05) is 24.3 Å². The fourth-order valence-electron chi connectivity index (χ4n) is 2.25. The van der Waals surface area contributed by atoms with Crippen LogP contribution >= 0.6 is 15.9 Å². The van der Waals surface area contributed by atoms with Gasteiger partial charge in [-0.15, -0.1) is 0 Å². The molecule has 0 saturated carbocycles. The van der Waals surface area contributed by atoms with Crippen molar-refractivity contribution in [2.24, 2.45) is 0 Å². The summed E-state index contributed by atoms with van der Waals surface area (Å²) in [4.78, 5) is 14.1. The Labute approximate surface area is 145 Å². The molecule has 0 unspecified atom stereocenters. The predicted molar refractivity (Wildman–Crippen MR) is 94.9 cm³/mol. The summed E-state index contributed by atoms with van der Waals surface area (Å²) in [6, 6.07) is 14.5. The van der Waals surface area contributed by atoms with Gasteiger partial charge in [-0.05, 0) is 35.4 Å². The lowest BCUT2D eigenvalue weighted by atomic mass is 10.1. The lowest BCUT2D eigenvalue weighted by Crippen LogP contribution is -2.26. The molecule has 0 fully saturated rings. The first-order chi connectivity index (χ1) is 10.7. The summed E-state index contributed by atoms with van der Waals surface area (Å²) < 4.78 is 23.8. The number of carbonyl (C=O) groups excluding carboxylic acids is 1. The van der Waals surface area contributed by atoms with Crippen LogP contribution in [0.1, 0.15) is 21.5 Å². The molecule has 0 N–H and O–H groups in total. The van der Waals surface area contributed by atoms with Crippen molar-refractivity contribution in [1.29, 1.82) is 0 Å². The molecule has 2 aromatic rings. The average molecular weight is 396 g/mol. The molecular formula is C17H18BrNO3S. The van der Waals surface area contributed by atoms with E-state index in [1.54, 1.807) is 36.2 Å². The zero-order valence-electron chi connectivity index (χ0n) is 13.0. The van der Waals surface area contributed by atoms with Crippen LogP contribution in [0.15, 0.2) is 53.0 Å². The Balaban J connectivity index is 2.13. The zero-order chi connectivity index (χ0) is 17.0. The molecule has 0 heterocycles. The van der Waals surface area contributed by atoms with Gasteiger partial charge < -0.3 is 4.90 Å². The number of halogens is 1. The van der Waals surface area contributed by atoms with Crippen molar-refractivity contribution in [3.63, 3.8) is 0 Å². The number of benzene rings is 2. The molecule has 2 rings (SSSR count). The molecule has 0 bridgehead atoms. The Hall–Kier alpha value is -1.66. The Morgan fingerprint density at radius 1 is 1.09 bits per heavy atom. The Morgan fingerprint density at radius 3 is 2.35 bits per heavy atom. The van der Waals surface area contributed by atoms with Crippen LogP contribution < -0.4 is 0 Å². The van der Waals surface area contributed by atoms with E-state index >= 15 is 0 Å². The molecule has 0 aliphatic rings. The number of nitrogens with zero attached hydrogens (tertiary/aromatic N) is 1. The van der Waals surface area contributed by atoms with Crippen molar-refractivity contribution in [3.05, 3.63) is 69.7 Å². The fraction of sp³-hybridized carbons (Fsp3) is 0.235. The molecular weight excluding hydrogens is 378 g/mol. The highest BCUT2D eigenvalue weighted by molar-refractivity contribution is 9.10. The molecule has 0 aromatic heterocycles. The second-order valence-corrected chi connectivity index (χ2v) is 8.61. The topological polar surface area (TPSA) is 54.5 Å². The van der Waals surface area contributed by atoms with E-state index < -0.39 is 9.84 Å². The minimum Gasteiger partial charge on any atom is -0.337 e. The molecule has 0 spiro atoms. The zero-order valence-corrected chi connectivity index (χ0v) is 15.4. The van der Waals surface area contributed by atoms with E-state index in [4.69, 9.17) is 0 Å². The van der Waals surface area contributed by atoms with E-state index in [1.165, 1.54) is 6.26 Å². The first-order valence-corrected chi connectivity index (χ1v) is 9.86. The van der Waals surface area contributed by atoms with E-state index in [0.717, 1.165) is 10.0 Å². The van der Waals surface area contributed by atoms with Gasteiger partial charge in [-0.2, -0.15) is 0 Å². The lowest BCUT2D eigenvalue weighted by Gasteiger charge is -2.18. The Morgan fingerprint density at radius 2 is 1.74 bits per heavy atom. The van der Waals surface area contributed by atoms with Crippen LogP contribution in [-0.4, -0.2) is 32.5 Å². The van der Waals surface area contributed by atoms with Crippen LogP contribution in [0.3, 0.4) is 0 Å². The molecule has 0 aliphatic carbocycles. The summed E-state index contributed by atoms with van der Waals surface area (Å²) in [7, 11) is -1.39. The second kappa shape index (κ2) is 7.27. The van der Waals surface area contributed by atoms with Crippen molar-refractivity contribution in [1.82, 2.24) is 4.90 Å². The van der Waals surface area contributed by atoms with Crippen molar-refractivity contribution < 1.29 is 13.2 Å².